The predicted octanol–water partition coefficient (Wildman–Crippen LogP) is 4.81. The van der Waals surface area contributed by atoms with Gasteiger partial charge in [0, 0.05) is 18.7 Å². The van der Waals surface area contributed by atoms with Gasteiger partial charge >= 0.3 is 0 Å². The highest BCUT2D eigenvalue weighted by Crippen LogP contribution is 2.34. The Bertz CT molecular complexity index is 1050. The SMILES string of the molecule is CCOc1ccc(NC(=O)CCCN2C(=O)/C(=C/c3ccc(O)c(OCC)c3)SC2=S)cc1. The van der Waals surface area contributed by atoms with Crippen molar-refractivity contribution in [3.05, 3.63) is 52.9 Å². The molecule has 0 atom stereocenters. The summed E-state index contributed by atoms with van der Waals surface area (Å²) < 4.78 is 11.2. The van der Waals surface area contributed by atoms with Gasteiger partial charge in [0.25, 0.3) is 5.91 Å². The van der Waals surface area contributed by atoms with E-state index in [1.807, 2.05) is 13.8 Å². The van der Waals surface area contributed by atoms with Gasteiger partial charge in [-0.2, -0.15) is 0 Å². The Kier molecular flexibility index (Phi) is 8.73. The van der Waals surface area contributed by atoms with Gasteiger partial charge in [-0.15, -0.1) is 0 Å². The number of hydrogen-bond acceptors (Lipinski definition) is 7. The maximum atomic E-state index is 12.8. The minimum Gasteiger partial charge on any atom is -0.504 e. The molecule has 1 saturated heterocycles. The molecule has 0 aliphatic carbocycles. The second-order valence-electron chi connectivity index (χ2n) is 7.10. The molecular formula is C24H26N2O5S2. The van der Waals surface area contributed by atoms with Crippen molar-refractivity contribution in [2.24, 2.45) is 0 Å². The van der Waals surface area contributed by atoms with E-state index in [1.54, 1.807) is 42.5 Å². The van der Waals surface area contributed by atoms with Crippen LogP contribution in [0.2, 0.25) is 0 Å². The van der Waals surface area contributed by atoms with E-state index in [9.17, 15) is 14.7 Å². The van der Waals surface area contributed by atoms with Gasteiger partial charge in [0.2, 0.25) is 5.91 Å². The molecule has 2 amide bonds. The molecule has 2 aromatic carbocycles. The standard InChI is InChI=1S/C24H26N2O5S2/c1-3-30-18-10-8-17(9-11-18)25-22(28)6-5-13-26-23(29)21(33-24(26)32)15-16-7-12-19(27)20(14-16)31-4-2/h7-12,14-15,27H,3-6,13H2,1-2H3,(H,25,28)/b21-15-. The van der Waals surface area contributed by atoms with Gasteiger partial charge in [0.1, 0.15) is 10.1 Å². The molecule has 0 aromatic heterocycles. The molecule has 1 aliphatic heterocycles. The number of benzene rings is 2. The molecule has 7 nitrogen and oxygen atoms in total. The van der Waals surface area contributed by atoms with E-state index in [-0.39, 0.29) is 24.0 Å². The molecule has 1 aliphatic rings. The first-order valence-electron chi connectivity index (χ1n) is 10.6. The summed E-state index contributed by atoms with van der Waals surface area (Å²) in [7, 11) is 0. The average molecular weight is 487 g/mol. The summed E-state index contributed by atoms with van der Waals surface area (Å²) in [6.07, 6.45) is 2.47. The van der Waals surface area contributed by atoms with Gasteiger partial charge in [-0.05, 0) is 68.3 Å². The average Bonchev–Trinajstić information content (AvgIpc) is 3.05. The van der Waals surface area contributed by atoms with Crippen LogP contribution >= 0.6 is 24.0 Å². The van der Waals surface area contributed by atoms with Crippen LogP contribution in [0, 0.1) is 0 Å². The maximum absolute atomic E-state index is 12.8. The number of thioether (sulfide) groups is 1. The van der Waals surface area contributed by atoms with Crippen molar-refractivity contribution in [2.75, 3.05) is 25.1 Å². The van der Waals surface area contributed by atoms with Crippen LogP contribution in [0.4, 0.5) is 5.69 Å². The highest BCUT2D eigenvalue weighted by molar-refractivity contribution is 8.26. The van der Waals surface area contributed by atoms with Crippen molar-refractivity contribution in [2.45, 2.75) is 26.7 Å². The minimum absolute atomic E-state index is 0.0464. The molecule has 2 N–H and O–H groups in total. The van der Waals surface area contributed by atoms with Crippen molar-refractivity contribution in [1.29, 1.82) is 0 Å². The number of rotatable bonds is 10. The Labute approximate surface area is 202 Å². The molecule has 0 saturated carbocycles. The summed E-state index contributed by atoms with van der Waals surface area (Å²) in [5, 5.41) is 12.7. The number of phenolic OH excluding ortho intramolecular Hbond substituents is 1. The van der Waals surface area contributed by atoms with Crippen LogP contribution in [0.3, 0.4) is 0 Å². The van der Waals surface area contributed by atoms with Gasteiger partial charge in [-0.3, -0.25) is 14.5 Å². The van der Waals surface area contributed by atoms with Crippen molar-refractivity contribution in [3.8, 4) is 17.2 Å². The summed E-state index contributed by atoms with van der Waals surface area (Å²) in [5.41, 5.74) is 1.42. The first-order chi connectivity index (χ1) is 15.9. The lowest BCUT2D eigenvalue weighted by atomic mass is 10.2. The minimum atomic E-state index is -0.192. The van der Waals surface area contributed by atoms with Gasteiger partial charge in [0.15, 0.2) is 11.5 Å². The highest BCUT2D eigenvalue weighted by atomic mass is 32.2. The molecule has 0 bridgehead atoms. The molecule has 9 heteroatoms. The third-order valence-electron chi connectivity index (χ3n) is 4.69. The van der Waals surface area contributed by atoms with E-state index in [0.29, 0.717) is 46.8 Å². The Morgan fingerprint density at radius 1 is 1.15 bits per heavy atom. The molecule has 33 heavy (non-hydrogen) atoms. The van der Waals surface area contributed by atoms with Gasteiger partial charge < -0.3 is 19.9 Å². The van der Waals surface area contributed by atoms with E-state index in [4.69, 9.17) is 21.7 Å². The smallest absolute Gasteiger partial charge is 0.266 e. The van der Waals surface area contributed by atoms with Crippen LogP contribution in [0.1, 0.15) is 32.3 Å². The van der Waals surface area contributed by atoms with Crippen molar-refractivity contribution >= 4 is 51.9 Å². The highest BCUT2D eigenvalue weighted by Gasteiger charge is 2.31. The topological polar surface area (TPSA) is 88.1 Å². The van der Waals surface area contributed by atoms with Crippen LogP contribution in [0.15, 0.2) is 47.4 Å². The summed E-state index contributed by atoms with van der Waals surface area (Å²) in [6.45, 7) is 5.11. The van der Waals surface area contributed by atoms with Crippen molar-refractivity contribution in [3.63, 3.8) is 0 Å². The molecule has 0 spiro atoms. The number of aromatic hydroxyl groups is 1. The Morgan fingerprint density at radius 3 is 2.58 bits per heavy atom. The van der Waals surface area contributed by atoms with E-state index >= 15 is 0 Å². The van der Waals surface area contributed by atoms with Gasteiger partial charge in [0.05, 0.1) is 18.1 Å². The third-order valence-corrected chi connectivity index (χ3v) is 6.07. The lowest BCUT2D eigenvalue weighted by Crippen LogP contribution is -2.29. The van der Waals surface area contributed by atoms with E-state index < -0.39 is 0 Å². The zero-order chi connectivity index (χ0) is 23.8. The fourth-order valence-corrected chi connectivity index (χ4v) is 4.47. The summed E-state index contributed by atoms with van der Waals surface area (Å²) in [5.74, 6) is 0.834. The number of ether oxygens (including phenoxy) is 2. The Balaban J connectivity index is 1.53. The number of phenols is 1. The number of nitrogens with zero attached hydrogens (tertiary/aromatic N) is 1. The molecule has 0 radical (unpaired) electrons. The second kappa shape index (κ2) is 11.7. The molecule has 2 aromatic rings. The Morgan fingerprint density at radius 2 is 1.88 bits per heavy atom. The lowest BCUT2D eigenvalue weighted by molar-refractivity contribution is -0.122. The number of anilines is 1. The van der Waals surface area contributed by atoms with Crippen LogP contribution < -0.4 is 14.8 Å². The van der Waals surface area contributed by atoms with Gasteiger partial charge in [-0.1, -0.05) is 30.0 Å². The molecule has 174 valence electrons. The van der Waals surface area contributed by atoms with Crippen LogP contribution in [0.25, 0.3) is 6.08 Å². The quantitative estimate of drug-likeness (QED) is 0.368. The summed E-state index contributed by atoms with van der Waals surface area (Å²) >= 11 is 6.59. The normalized spacial score (nSPS) is 14.6. The summed E-state index contributed by atoms with van der Waals surface area (Å²) in [6, 6.07) is 12.1. The van der Waals surface area contributed by atoms with Crippen molar-refractivity contribution < 1.29 is 24.2 Å². The number of carbonyl (C=O) groups is 2. The van der Waals surface area contributed by atoms with Crippen LogP contribution in [-0.2, 0) is 9.59 Å². The number of hydrogen-bond donors (Lipinski definition) is 2. The molecule has 3 rings (SSSR count). The number of carbonyl (C=O) groups excluding carboxylic acids is 2. The first kappa shape index (κ1) is 24.6. The third kappa shape index (κ3) is 6.72. The fraction of sp³-hybridized carbons (Fsp3) is 0.292. The fourth-order valence-electron chi connectivity index (χ4n) is 3.16. The van der Waals surface area contributed by atoms with Crippen LogP contribution in [0.5, 0.6) is 17.2 Å². The number of nitrogens with one attached hydrogen (secondary N) is 1. The first-order valence-corrected chi connectivity index (χ1v) is 11.9. The summed E-state index contributed by atoms with van der Waals surface area (Å²) in [4.78, 5) is 27.1. The number of amides is 2. The molecule has 0 unspecified atom stereocenters. The zero-order valence-corrected chi connectivity index (χ0v) is 20.1. The lowest BCUT2D eigenvalue weighted by Gasteiger charge is -2.14. The monoisotopic (exact) mass is 486 g/mol. The molecule has 1 fully saturated rings. The molecule has 1 heterocycles. The van der Waals surface area contributed by atoms with Gasteiger partial charge in [-0.25, -0.2) is 0 Å². The predicted molar refractivity (Wildman–Crippen MR) is 135 cm³/mol. The maximum Gasteiger partial charge on any atom is 0.266 e. The van der Waals surface area contributed by atoms with Crippen molar-refractivity contribution in [1.82, 2.24) is 4.90 Å². The van der Waals surface area contributed by atoms with E-state index in [1.165, 1.54) is 22.7 Å². The Hall–Kier alpha value is -3.04. The molecular weight excluding hydrogens is 460 g/mol. The van der Waals surface area contributed by atoms with E-state index in [0.717, 1.165) is 11.3 Å². The second-order valence-corrected chi connectivity index (χ2v) is 8.78. The van der Waals surface area contributed by atoms with E-state index in [2.05, 4.69) is 5.32 Å². The number of thiocarbonyl (C=S) groups is 1. The zero-order valence-electron chi connectivity index (χ0n) is 18.5. The van der Waals surface area contributed by atoms with Crippen LogP contribution in [-0.4, -0.2) is 45.9 Å². The largest absolute Gasteiger partial charge is 0.504 e.